The molecule has 6 heteroatoms. The predicted octanol–water partition coefficient (Wildman–Crippen LogP) is 3.24. The molecule has 0 N–H and O–H groups in total. The molecule has 5 nitrogen and oxygen atoms in total. The Hall–Kier alpha value is -1.40. The molecule has 1 saturated heterocycles. The molecular weight excluding hydrogens is 312 g/mol. The molecule has 0 amide bonds. The van der Waals surface area contributed by atoms with Gasteiger partial charge in [-0.1, -0.05) is 20.8 Å². The number of rotatable bonds is 4. The largest absolute Gasteiger partial charge is 0.439 e. The van der Waals surface area contributed by atoms with Crippen LogP contribution in [0.3, 0.4) is 0 Å². The monoisotopic (exact) mass is 336 g/mol. The Balaban J connectivity index is 1.87. The molecule has 2 heterocycles. The minimum atomic E-state index is -3.22. The molecule has 1 aliphatic heterocycles. The van der Waals surface area contributed by atoms with Crippen molar-refractivity contribution in [3.63, 3.8) is 0 Å². The minimum Gasteiger partial charge on any atom is -0.439 e. The van der Waals surface area contributed by atoms with Gasteiger partial charge < -0.3 is 4.42 Å². The zero-order valence-electron chi connectivity index (χ0n) is 14.4. The summed E-state index contributed by atoms with van der Waals surface area (Å²) in [6.07, 6.45) is 0. The highest BCUT2D eigenvalue weighted by Crippen LogP contribution is 2.46. The lowest BCUT2D eigenvalue weighted by molar-refractivity contribution is -0.125. The van der Waals surface area contributed by atoms with Gasteiger partial charge in [0.15, 0.2) is 15.4 Å². The van der Waals surface area contributed by atoms with Crippen molar-refractivity contribution in [2.45, 2.75) is 51.6 Å². The fourth-order valence-corrected chi connectivity index (χ4v) is 3.90. The SMILES string of the molecule is CCS(=O)(=O)c1ccc2oc(CN3CC(C)(C)C3(C)C)nc2c1. The number of nitrogens with zero attached hydrogens (tertiary/aromatic N) is 2. The second-order valence-electron chi connectivity index (χ2n) is 7.44. The first-order valence-corrected chi connectivity index (χ1v) is 9.59. The molecule has 1 aromatic heterocycles. The Morgan fingerprint density at radius 1 is 1.26 bits per heavy atom. The molecule has 3 rings (SSSR count). The molecule has 0 saturated carbocycles. The van der Waals surface area contributed by atoms with Crippen LogP contribution in [0.15, 0.2) is 27.5 Å². The summed E-state index contributed by atoms with van der Waals surface area (Å²) in [5, 5.41) is 0. The maximum absolute atomic E-state index is 12.0. The molecule has 2 aromatic rings. The highest BCUT2D eigenvalue weighted by Gasteiger charge is 2.52. The molecule has 0 bridgehead atoms. The Labute approximate surface area is 137 Å². The van der Waals surface area contributed by atoms with E-state index in [9.17, 15) is 8.42 Å². The lowest BCUT2D eigenvalue weighted by Gasteiger charge is -2.61. The first-order chi connectivity index (χ1) is 10.6. The Kier molecular flexibility index (Phi) is 3.61. The minimum absolute atomic E-state index is 0.0836. The van der Waals surface area contributed by atoms with Crippen molar-refractivity contribution in [2.75, 3.05) is 12.3 Å². The maximum atomic E-state index is 12.0. The van der Waals surface area contributed by atoms with E-state index in [0.717, 1.165) is 6.54 Å². The van der Waals surface area contributed by atoms with Crippen LogP contribution in [0.5, 0.6) is 0 Å². The highest BCUT2D eigenvalue weighted by molar-refractivity contribution is 7.91. The van der Waals surface area contributed by atoms with Gasteiger partial charge in [-0.25, -0.2) is 13.4 Å². The van der Waals surface area contributed by atoms with Gasteiger partial charge in [0.1, 0.15) is 5.52 Å². The van der Waals surface area contributed by atoms with E-state index < -0.39 is 9.84 Å². The third kappa shape index (κ3) is 2.58. The zero-order valence-corrected chi connectivity index (χ0v) is 15.2. The van der Waals surface area contributed by atoms with Crippen molar-refractivity contribution in [3.8, 4) is 0 Å². The number of oxazole rings is 1. The van der Waals surface area contributed by atoms with E-state index in [4.69, 9.17) is 4.42 Å². The van der Waals surface area contributed by atoms with Crippen LogP contribution >= 0.6 is 0 Å². The van der Waals surface area contributed by atoms with Crippen molar-refractivity contribution >= 4 is 20.9 Å². The standard InChI is InChI=1S/C17H24N2O3S/c1-6-23(20,21)12-7-8-14-13(9-12)18-15(22-14)10-19-11-16(2,3)17(19,4)5/h7-9H,6,10-11H2,1-5H3. The number of fused-ring (bicyclic) bond motifs is 1. The highest BCUT2D eigenvalue weighted by atomic mass is 32.2. The third-order valence-corrected chi connectivity index (χ3v) is 7.23. The van der Waals surface area contributed by atoms with Crippen LogP contribution in [0.25, 0.3) is 11.1 Å². The smallest absolute Gasteiger partial charge is 0.209 e. The first-order valence-electron chi connectivity index (χ1n) is 7.94. The van der Waals surface area contributed by atoms with E-state index in [1.54, 1.807) is 25.1 Å². The van der Waals surface area contributed by atoms with E-state index in [-0.39, 0.29) is 16.7 Å². The van der Waals surface area contributed by atoms with E-state index in [0.29, 0.717) is 28.4 Å². The van der Waals surface area contributed by atoms with E-state index >= 15 is 0 Å². The van der Waals surface area contributed by atoms with Crippen LogP contribution in [0.2, 0.25) is 0 Å². The zero-order chi connectivity index (χ0) is 17.0. The van der Waals surface area contributed by atoms with Crippen molar-refractivity contribution < 1.29 is 12.8 Å². The Morgan fingerprint density at radius 2 is 1.96 bits per heavy atom. The first kappa shape index (κ1) is 16.5. The lowest BCUT2D eigenvalue weighted by atomic mass is 9.65. The summed E-state index contributed by atoms with van der Waals surface area (Å²) in [6, 6.07) is 4.89. The molecule has 1 aliphatic rings. The average Bonchev–Trinajstić information content (AvgIpc) is 2.88. The second-order valence-corrected chi connectivity index (χ2v) is 9.72. The van der Waals surface area contributed by atoms with Gasteiger partial charge in [0.05, 0.1) is 17.2 Å². The van der Waals surface area contributed by atoms with E-state index in [1.807, 2.05) is 0 Å². The second kappa shape index (κ2) is 5.05. The van der Waals surface area contributed by atoms with Crippen LogP contribution in [0.1, 0.15) is 40.5 Å². The van der Waals surface area contributed by atoms with E-state index in [1.165, 1.54) is 0 Å². The molecule has 0 aliphatic carbocycles. The molecule has 0 spiro atoms. The van der Waals surface area contributed by atoms with Crippen molar-refractivity contribution in [1.82, 2.24) is 9.88 Å². The van der Waals surface area contributed by atoms with Crippen LogP contribution < -0.4 is 0 Å². The lowest BCUT2D eigenvalue weighted by Crippen LogP contribution is -2.68. The summed E-state index contributed by atoms with van der Waals surface area (Å²) in [7, 11) is -3.22. The number of aromatic nitrogens is 1. The molecule has 1 fully saturated rings. The van der Waals surface area contributed by atoms with Gasteiger partial charge in [0.25, 0.3) is 0 Å². The number of sulfone groups is 1. The molecule has 1 aromatic carbocycles. The molecule has 23 heavy (non-hydrogen) atoms. The van der Waals surface area contributed by atoms with Crippen molar-refractivity contribution in [1.29, 1.82) is 0 Å². The fraction of sp³-hybridized carbons (Fsp3) is 0.588. The maximum Gasteiger partial charge on any atom is 0.209 e. The number of hydrogen-bond acceptors (Lipinski definition) is 5. The number of likely N-dealkylation sites (tertiary alicyclic amines) is 1. The normalized spacial score (nSPS) is 20.6. The van der Waals surface area contributed by atoms with Crippen LogP contribution in [-0.2, 0) is 16.4 Å². The van der Waals surface area contributed by atoms with Gasteiger partial charge in [-0.2, -0.15) is 0 Å². The molecule has 0 unspecified atom stereocenters. The molecule has 0 radical (unpaired) electrons. The van der Waals surface area contributed by atoms with Gasteiger partial charge in [0.2, 0.25) is 5.89 Å². The molecular formula is C17H24N2O3S. The van der Waals surface area contributed by atoms with Crippen molar-refractivity contribution in [3.05, 3.63) is 24.1 Å². The molecule has 0 atom stereocenters. The average molecular weight is 336 g/mol. The van der Waals surface area contributed by atoms with Crippen molar-refractivity contribution in [2.24, 2.45) is 5.41 Å². The quantitative estimate of drug-likeness (QED) is 0.857. The Morgan fingerprint density at radius 3 is 2.52 bits per heavy atom. The summed E-state index contributed by atoms with van der Waals surface area (Å²) >= 11 is 0. The van der Waals surface area contributed by atoms with E-state index in [2.05, 4.69) is 37.6 Å². The van der Waals surface area contributed by atoms with Gasteiger partial charge in [-0.3, -0.25) is 4.90 Å². The van der Waals surface area contributed by atoms with Gasteiger partial charge in [-0.15, -0.1) is 0 Å². The summed E-state index contributed by atoms with van der Waals surface area (Å²) in [5.41, 5.74) is 1.59. The third-order valence-electron chi connectivity index (χ3n) is 5.50. The van der Waals surface area contributed by atoms with Crippen LogP contribution in [0, 0.1) is 5.41 Å². The number of benzene rings is 1. The summed E-state index contributed by atoms with van der Waals surface area (Å²) in [6.45, 7) is 12.3. The van der Waals surface area contributed by atoms with Gasteiger partial charge in [-0.05, 0) is 37.5 Å². The summed E-state index contributed by atoms with van der Waals surface area (Å²) in [5.74, 6) is 0.718. The summed E-state index contributed by atoms with van der Waals surface area (Å²) < 4.78 is 29.7. The van der Waals surface area contributed by atoms with Gasteiger partial charge in [0, 0.05) is 12.1 Å². The fourth-order valence-electron chi connectivity index (χ4n) is 3.00. The molecule has 126 valence electrons. The van der Waals surface area contributed by atoms with Crippen LogP contribution in [0.4, 0.5) is 0 Å². The number of hydrogen-bond donors (Lipinski definition) is 0. The van der Waals surface area contributed by atoms with Gasteiger partial charge >= 0.3 is 0 Å². The topological polar surface area (TPSA) is 63.4 Å². The Bertz CT molecular complexity index is 850. The summed E-state index contributed by atoms with van der Waals surface area (Å²) in [4.78, 5) is 7.12. The predicted molar refractivity (Wildman–Crippen MR) is 90.0 cm³/mol. The van der Waals surface area contributed by atoms with Crippen LogP contribution in [-0.4, -0.2) is 36.1 Å².